The Balaban J connectivity index is 1.04. The number of hydrogen-bond acceptors (Lipinski definition) is 9. The molecular weight excluding hydrogens is 452 g/mol. The van der Waals surface area contributed by atoms with Gasteiger partial charge in [0.05, 0.1) is 5.69 Å². The maximum absolute atomic E-state index is 12.9. The van der Waals surface area contributed by atoms with E-state index in [-0.39, 0.29) is 19.5 Å². The van der Waals surface area contributed by atoms with E-state index in [0.717, 1.165) is 22.8 Å². The van der Waals surface area contributed by atoms with E-state index in [0.29, 0.717) is 49.2 Å². The van der Waals surface area contributed by atoms with Gasteiger partial charge in [0.1, 0.15) is 5.75 Å². The third-order valence-corrected chi connectivity index (χ3v) is 6.24. The van der Waals surface area contributed by atoms with Crippen LogP contribution in [-0.2, 0) is 4.79 Å². The lowest BCUT2D eigenvalue weighted by Crippen LogP contribution is -2.52. The van der Waals surface area contributed by atoms with Crippen LogP contribution in [0.2, 0.25) is 0 Å². The lowest BCUT2D eigenvalue weighted by atomic mass is 10.1. The number of hydrogen-bond donors (Lipinski definition) is 0. The topological polar surface area (TPSA) is 95.5 Å². The first-order chi connectivity index (χ1) is 17.1. The average molecular weight is 476 g/mol. The molecular formula is C25H24N4O6. The third kappa shape index (κ3) is 4.23. The number of piperazine rings is 1. The molecule has 180 valence electrons. The molecule has 2 aromatic carbocycles. The molecule has 0 saturated carbocycles. The summed E-state index contributed by atoms with van der Waals surface area (Å²) in [5.41, 5.74) is 1.68. The second-order valence-electron chi connectivity index (χ2n) is 8.43. The van der Waals surface area contributed by atoms with Crippen molar-refractivity contribution < 1.29 is 28.5 Å². The Morgan fingerprint density at radius 2 is 1.51 bits per heavy atom. The number of anilines is 1. The van der Waals surface area contributed by atoms with E-state index < -0.39 is 6.10 Å². The summed E-state index contributed by atoms with van der Waals surface area (Å²) in [6.45, 7) is 4.70. The Morgan fingerprint density at radius 3 is 2.23 bits per heavy atom. The molecule has 1 saturated heterocycles. The summed E-state index contributed by atoms with van der Waals surface area (Å²) in [6, 6.07) is 14.9. The van der Waals surface area contributed by atoms with E-state index in [9.17, 15) is 4.79 Å². The van der Waals surface area contributed by atoms with Crippen LogP contribution in [0.25, 0.3) is 11.3 Å². The minimum atomic E-state index is -0.609. The molecule has 1 atom stereocenters. The fourth-order valence-corrected chi connectivity index (χ4v) is 4.32. The number of benzene rings is 2. The SMILES string of the molecule is CC(Oc1ccc2c(c1)OCO2)C(=O)N1CCN(c2ccc(-c3ccc4c(c3)OCO4)nn2)CC1. The number of fused-ring (bicyclic) bond motifs is 2. The first kappa shape index (κ1) is 21.3. The summed E-state index contributed by atoms with van der Waals surface area (Å²) in [4.78, 5) is 16.9. The monoisotopic (exact) mass is 476 g/mol. The van der Waals surface area contributed by atoms with Gasteiger partial charge in [-0.2, -0.15) is 0 Å². The molecule has 1 amide bonds. The Labute approximate surface area is 201 Å². The van der Waals surface area contributed by atoms with Crippen LogP contribution >= 0.6 is 0 Å². The summed E-state index contributed by atoms with van der Waals surface area (Å²) in [7, 11) is 0. The normalized spacial score (nSPS) is 16.8. The van der Waals surface area contributed by atoms with E-state index in [4.69, 9.17) is 23.7 Å². The first-order valence-corrected chi connectivity index (χ1v) is 11.5. The van der Waals surface area contributed by atoms with E-state index >= 15 is 0 Å². The van der Waals surface area contributed by atoms with Gasteiger partial charge in [-0.25, -0.2) is 0 Å². The fourth-order valence-electron chi connectivity index (χ4n) is 4.32. The average Bonchev–Trinajstić information content (AvgIpc) is 3.57. The lowest BCUT2D eigenvalue weighted by molar-refractivity contribution is -0.138. The molecule has 4 heterocycles. The Bertz CT molecular complexity index is 1240. The summed E-state index contributed by atoms with van der Waals surface area (Å²) in [6.07, 6.45) is -0.609. The molecule has 1 unspecified atom stereocenters. The quantitative estimate of drug-likeness (QED) is 0.551. The molecule has 1 fully saturated rings. The van der Waals surface area contributed by atoms with Gasteiger partial charge in [0.2, 0.25) is 13.6 Å². The van der Waals surface area contributed by atoms with E-state index in [1.807, 2.05) is 35.2 Å². The predicted molar refractivity (Wildman–Crippen MR) is 125 cm³/mol. The molecule has 0 radical (unpaired) electrons. The zero-order chi connectivity index (χ0) is 23.8. The van der Waals surface area contributed by atoms with Crippen molar-refractivity contribution in [1.29, 1.82) is 0 Å². The van der Waals surface area contributed by atoms with E-state index in [1.165, 1.54) is 0 Å². The molecule has 10 heteroatoms. The predicted octanol–water partition coefficient (Wildman–Crippen LogP) is 2.72. The molecule has 0 bridgehead atoms. The number of rotatable bonds is 5. The molecule has 3 aliphatic rings. The minimum Gasteiger partial charge on any atom is -0.481 e. The van der Waals surface area contributed by atoms with Crippen LogP contribution in [0, 0.1) is 0 Å². The largest absolute Gasteiger partial charge is 0.481 e. The molecule has 35 heavy (non-hydrogen) atoms. The molecule has 0 aliphatic carbocycles. The Hall–Kier alpha value is -4.21. The van der Waals surface area contributed by atoms with Crippen LogP contribution in [0.1, 0.15) is 6.92 Å². The van der Waals surface area contributed by atoms with E-state index in [1.54, 1.807) is 25.1 Å². The maximum atomic E-state index is 12.9. The fraction of sp³-hybridized carbons (Fsp3) is 0.320. The van der Waals surface area contributed by atoms with Gasteiger partial charge >= 0.3 is 0 Å². The molecule has 0 N–H and O–H groups in total. The summed E-state index contributed by atoms with van der Waals surface area (Å²) < 4.78 is 27.4. The van der Waals surface area contributed by atoms with Gasteiger partial charge in [-0.1, -0.05) is 0 Å². The van der Waals surface area contributed by atoms with Crippen molar-refractivity contribution in [2.45, 2.75) is 13.0 Å². The third-order valence-electron chi connectivity index (χ3n) is 6.24. The summed E-state index contributed by atoms with van der Waals surface area (Å²) in [5.74, 6) is 4.07. The number of ether oxygens (including phenoxy) is 5. The summed E-state index contributed by atoms with van der Waals surface area (Å²) >= 11 is 0. The second kappa shape index (κ2) is 8.86. The molecule has 3 aliphatic heterocycles. The maximum Gasteiger partial charge on any atom is 0.263 e. The number of nitrogens with zero attached hydrogens (tertiary/aromatic N) is 4. The highest BCUT2D eigenvalue weighted by Crippen LogP contribution is 2.36. The van der Waals surface area contributed by atoms with Crippen LogP contribution in [0.15, 0.2) is 48.5 Å². The van der Waals surface area contributed by atoms with Crippen LogP contribution in [0.4, 0.5) is 5.82 Å². The van der Waals surface area contributed by atoms with Gasteiger partial charge in [-0.15, -0.1) is 10.2 Å². The Morgan fingerprint density at radius 1 is 0.829 bits per heavy atom. The first-order valence-electron chi connectivity index (χ1n) is 11.5. The highest BCUT2D eigenvalue weighted by Gasteiger charge is 2.27. The lowest BCUT2D eigenvalue weighted by Gasteiger charge is -2.36. The van der Waals surface area contributed by atoms with Gasteiger partial charge in [0.25, 0.3) is 5.91 Å². The standard InChI is InChI=1S/C25H24N4O6/c1-16(35-18-3-6-21-23(13-18)34-15-32-21)25(30)29-10-8-28(9-11-29)24-7-4-19(26-27-24)17-2-5-20-22(12-17)33-14-31-20/h2-7,12-13,16H,8-11,14-15H2,1H3. The highest BCUT2D eigenvalue weighted by atomic mass is 16.7. The molecule has 3 aromatic rings. The molecule has 1 aromatic heterocycles. The molecule has 0 spiro atoms. The van der Waals surface area contributed by atoms with Crippen LogP contribution in [0.3, 0.4) is 0 Å². The smallest absolute Gasteiger partial charge is 0.263 e. The minimum absolute atomic E-state index is 0.0495. The Kier molecular flexibility index (Phi) is 5.40. The van der Waals surface area contributed by atoms with Crippen LogP contribution in [-0.4, -0.2) is 66.9 Å². The van der Waals surface area contributed by atoms with Gasteiger partial charge in [-0.05, 0) is 49.4 Å². The zero-order valence-electron chi connectivity index (χ0n) is 19.2. The van der Waals surface area contributed by atoms with E-state index in [2.05, 4.69) is 15.1 Å². The van der Waals surface area contributed by atoms with Crippen molar-refractivity contribution in [3.8, 4) is 40.0 Å². The van der Waals surface area contributed by atoms with Gasteiger partial charge < -0.3 is 33.5 Å². The second-order valence-corrected chi connectivity index (χ2v) is 8.43. The number of amides is 1. The van der Waals surface area contributed by atoms with Crippen molar-refractivity contribution in [3.63, 3.8) is 0 Å². The highest BCUT2D eigenvalue weighted by molar-refractivity contribution is 5.81. The van der Waals surface area contributed by atoms with Crippen LogP contribution in [0.5, 0.6) is 28.7 Å². The summed E-state index contributed by atoms with van der Waals surface area (Å²) in [5, 5.41) is 8.81. The number of carbonyl (C=O) groups excluding carboxylic acids is 1. The van der Waals surface area contributed by atoms with Gasteiger partial charge in [0.15, 0.2) is 34.9 Å². The number of aromatic nitrogens is 2. The number of carbonyl (C=O) groups is 1. The molecule has 10 nitrogen and oxygen atoms in total. The van der Waals surface area contributed by atoms with Crippen molar-refractivity contribution in [3.05, 3.63) is 48.5 Å². The van der Waals surface area contributed by atoms with Crippen molar-refractivity contribution in [2.24, 2.45) is 0 Å². The van der Waals surface area contributed by atoms with Gasteiger partial charge in [0, 0.05) is 37.8 Å². The van der Waals surface area contributed by atoms with Crippen LogP contribution < -0.4 is 28.6 Å². The van der Waals surface area contributed by atoms with Crippen molar-refractivity contribution >= 4 is 11.7 Å². The zero-order valence-corrected chi connectivity index (χ0v) is 19.2. The van der Waals surface area contributed by atoms with Crippen molar-refractivity contribution in [1.82, 2.24) is 15.1 Å². The molecule has 6 rings (SSSR count). The van der Waals surface area contributed by atoms with Gasteiger partial charge in [-0.3, -0.25) is 4.79 Å². The van der Waals surface area contributed by atoms with Crippen molar-refractivity contribution in [2.75, 3.05) is 44.7 Å².